The van der Waals surface area contributed by atoms with Gasteiger partial charge >= 0.3 is 177 Å². The van der Waals surface area contributed by atoms with E-state index in [1.807, 2.05) is 23.5 Å². The first-order valence-electron chi connectivity index (χ1n) is 6.85. The van der Waals surface area contributed by atoms with Gasteiger partial charge in [0.05, 0.1) is 0 Å². The summed E-state index contributed by atoms with van der Waals surface area (Å²) in [5.41, 5.74) is 0. The van der Waals surface area contributed by atoms with Gasteiger partial charge in [0.25, 0.3) is 0 Å². The van der Waals surface area contributed by atoms with Gasteiger partial charge in [-0.15, -0.1) is 0 Å². The number of hydrogen-bond donors (Lipinski definition) is 0. The van der Waals surface area contributed by atoms with Crippen molar-refractivity contribution in [1.29, 1.82) is 0 Å². The summed E-state index contributed by atoms with van der Waals surface area (Å²) in [4.78, 5) is 27.1. The van der Waals surface area contributed by atoms with Crippen LogP contribution in [0.1, 0.15) is 12.8 Å². The molecule has 0 bridgehead atoms. The Labute approximate surface area is 175 Å². The second kappa shape index (κ2) is 11.6. The van der Waals surface area contributed by atoms with E-state index in [4.69, 9.17) is 0 Å². The fourth-order valence-corrected chi connectivity index (χ4v) is 20.8. The molecule has 2 heterocycles. The molecule has 0 unspecified atom stereocenters. The molecule has 2 aliphatic heterocycles. The Kier molecular flexibility index (Phi) is 10.3. The normalized spacial score (nSPS) is 19.9. The van der Waals surface area contributed by atoms with Gasteiger partial charge in [-0.2, -0.15) is 0 Å². The number of hydrogen-bond acceptors (Lipinski definition) is 6. The molecule has 0 radical (unpaired) electrons. The molecule has 10 heteroatoms. The van der Waals surface area contributed by atoms with Crippen LogP contribution in [0.25, 0.3) is 0 Å². The third kappa shape index (κ3) is 7.28. The van der Waals surface area contributed by atoms with Gasteiger partial charge in [0.2, 0.25) is 0 Å². The molecule has 0 fully saturated rings. The zero-order chi connectivity index (χ0) is 17.4. The van der Waals surface area contributed by atoms with Crippen LogP contribution in [0.3, 0.4) is 0 Å². The molecule has 0 atom stereocenters. The first-order valence-corrected chi connectivity index (χ1v) is 15.9. The number of esters is 2. The second-order valence-corrected chi connectivity index (χ2v) is 18.4. The molecule has 4 nitrogen and oxygen atoms in total. The summed E-state index contributed by atoms with van der Waals surface area (Å²) in [6, 6.07) is 0. The number of rotatable bonds is 8. The zero-order valence-electron chi connectivity index (χ0n) is 13.1. The van der Waals surface area contributed by atoms with Gasteiger partial charge in [0.15, 0.2) is 0 Å². The van der Waals surface area contributed by atoms with Gasteiger partial charge in [-0.3, -0.25) is 0 Å². The van der Waals surface area contributed by atoms with E-state index in [1.165, 1.54) is 21.8 Å². The third-order valence-electron chi connectivity index (χ3n) is 2.63. The van der Waals surface area contributed by atoms with E-state index in [0.29, 0.717) is 72.7 Å². The fourth-order valence-electron chi connectivity index (χ4n) is 1.46. The molecule has 0 aliphatic carbocycles. The summed E-state index contributed by atoms with van der Waals surface area (Å²) in [6.45, 7) is 0. The Morgan fingerprint density at radius 3 is 1.67 bits per heavy atom. The van der Waals surface area contributed by atoms with Crippen molar-refractivity contribution in [1.82, 2.24) is 0 Å². The third-order valence-corrected chi connectivity index (χ3v) is 21.5. The van der Waals surface area contributed by atoms with E-state index < -0.39 is 0 Å². The quantitative estimate of drug-likeness (QED) is 0.297. The van der Waals surface area contributed by atoms with Crippen molar-refractivity contribution >= 4 is 95.3 Å². The molecule has 132 valence electrons. The number of carbonyl (C=O) groups excluding carboxylic acids is 2. The van der Waals surface area contributed by atoms with E-state index in [-0.39, 0.29) is 11.9 Å². The Morgan fingerprint density at radius 1 is 0.875 bits per heavy atom. The van der Waals surface area contributed by atoms with E-state index in [2.05, 4.69) is 19.4 Å². The average Bonchev–Trinajstić information content (AvgIpc) is 3.23. The first-order chi connectivity index (χ1) is 11.6. The monoisotopic (exact) mass is 632 g/mol. The van der Waals surface area contributed by atoms with Gasteiger partial charge in [0.1, 0.15) is 0 Å². The van der Waals surface area contributed by atoms with Crippen LogP contribution in [0.4, 0.5) is 0 Å². The summed E-state index contributed by atoms with van der Waals surface area (Å²) < 4.78 is 15.7. The van der Waals surface area contributed by atoms with Crippen LogP contribution in [0.15, 0.2) is 24.3 Å². The van der Waals surface area contributed by atoms with Crippen LogP contribution in [0.2, 0.25) is 0 Å². The fraction of sp³-hybridized carbons (Fsp3) is 0.429. The molecule has 2 rings (SSSR count). The van der Waals surface area contributed by atoms with Crippen LogP contribution in [0, 0.1) is 0 Å². The molecule has 0 spiro atoms. The Bertz CT molecular complexity index is 539. The topological polar surface area (TPSA) is 52.6 Å². The minimum absolute atomic E-state index is 0.127. The van der Waals surface area contributed by atoms with Crippen molar-refractivity contribution in [2.24, 2.45) is 0 Å². The maximum absolute atomic E-state index is 11.2. The van der Waals surface area contributed by atoms with E-state index in [1.54, 1.807) is 6.74 Å². The standard InChI is InChI=1S/C14H16O4S2Se4/c1-17-9(15)3-5-19-11-7-21-13(23-11)14-22-8-12(24-14)20-6-4-10(16)18-2/h7-8H,3-6H2,1-2H3/b14-13-. The Balaban J connectivity index is 1.70. The Hall–Kier alpha value is 0.938. The SMILES string of the molecule is COC(=O)CCSC1=C[Se]/C(=C2\[Se]C=C(SCCC(=O)OC)[Se]2)[Se]1. The van der Waals surface area contributed by atoms with Crippen LogP contribution in [-0.2, 0) is 19.1 Å². The van der Waals surface area contributed by atoms with Gasteiger partial charge in [-0.25, -0.2) is 0 Å². The van der Waals surface area contributed by atoms with Crippen LogP contribution in [0.5, 0.6) is 0 Å². The zero-order valence-corrected chi connectivity index (χ0v) is 21.6. The van der Waals surface area contributed by atoms with Crippen LogP contribution >= 0.6 is 23.5 Å². The van der Waals surface area contributed by atoms with Crippen molar-refractivity contribution in [3.05, 3.63) is 24.3 Å². The summed E-state index contributed by atoms with van der Waals surface area (Å²) in [7, 11) is 2.88. The molecule has 0 aromatic carbocycles. The number of thioether (sulfide) groups is 2. The molecule has 0 N–H and O–H groups in total. The number of methoxy groups -OCH3 is 2. The summed E-state index contributed by atoms with van der Waals surface area (Å²) in [5, 5.41) is 0. The molecule has 0 amide bonds. The van der Waals surface area contributed by atoms with Crippen molar-refractivity contribution in [3.8, 4) is 0 Å². The summed E-state index contributed by atoms with van der Waals surface area (Å²) >= 11 is 5.60. The predicted molar refractivity (Wildman–Crippen MR) is 104 cm³/mol. The number of ether oxygens (including phenoxy) is 2. The van der Waals surface area contributed by atoms with Gasteiger partial charge in [0, 0.05) is 0 Å². The molecule has 0 aromatic heterocycles. The molecule has 24 heavy (non-hydrogen) atoms. The summed E-state index contributed by atoms with van der Waals surface area (Å²) in [5.74, 6) is 1.39. The van der Waals surface area contributed by atoms with Crippen molar-refractivity contribution in [2.45, 2.75) is 12.8 Å². The van der Waals surface area contributed by atoms with Crippen LogP contribution < -0.4 is 0 Å². The van der Waals surface area contributed by atoms with Crippen molar-refractivity contribution < 1.29 is 19.1 Å². The maximum atomic E-state index is 11.2. The number of carbonyl (C=O) groups is 2. The average molecular weight is 628 g/mol. The van der Waals surface area contributed by atoms with Crippen molar-refractivity contribution in [3.63, 3.8) is 0 Å². The minimum atomic E-state index is -0.127. The van der Waals surface area contributed by atoms with Crippen molar-refractivity contribution in [2.75, 3.05) is 25.7 Å². The molecular weight excluding hydrogens is 612 g/mol. The van der Waals surface area contributed by atoms with Crippen LogP contribution in [-0.4, -0.2) is 97.5 Å². The molecule has 0 saturated carbocycles. The second-order valence-electron chi connectivity index (χ2n) is 4.24. The first kappa shape index (κ1) is 21.2. The van der Waals surface area contributed by atoms with Gasteiger partial charge < -0.3 is 0 Å². The predicted octanol–water partition coefficient (Wildman–Crippen LogP) is 1.15. The Morgan fingerprint density at radius 2 is 1.29 bits per heavy atom. The molecular formula is C14H16O4S2Se4. The van der Waals surface area contributed by atoms with Gasteiger partial charge in [-0.05, 0) is 0 Å². The van der Waals surface area contributed by atoms with E-state index in [9.17, 15) is 9.59 Å². The molecule has 0 aromatic rings. The van der Waals surface area contributed by atoms with E-state index >= 15 is 0 Å². The molecule has 0 saturated heterocycles. The summed E-state index contributed by atoms with van der Waals surface area (Å²) in [6.07, 6.45) is 0.980. The molecule has 2 aliphatic rings. The van der Waals surface area contributed by atoms with Gasteiger partial charge in [-0.1, -0.05) is 0 Å². The van der Waals surface area contributed by atoms with E-state index in [0.717, 1.165) is 11.5 Å².